The first-order chi connectivity index (χ1) is 14.2. The van der Waals surface area contributed by atoms with Crippen molar-refractivity contribution in [3.05, 3.63) is 53.1 Å². The standard InChI is InChI=1S/C20H18ClF3N4O2/c21-13-5-6-25-14(7-13)8-16(29)10-28-17(12-1-2-12)11-27(19(28)30)15-3-4-18(26-9-15)20(22,23)24/h3-7,9,12,17H,1-2,8,10-11H2/t17-/m1/s1. The van der Waals surface area contributed by atoms with Crippen molar-refractivity contribution in [1.29, 1.82) is 0 Å². The lowest BCUT2D eigenvalue weighted by molar-refractivity contribution is -0.141. The first kappa shape index (κ1) is 20.6. The fourth-order valence-corrected chi connectivity index (χ4v) is 3.83. The first-order valence-electron chi connectivity index (χ1n) is 9.46. The third-order valence-corrected chi connectivity index (χ3v) is 5.50. The van der Waals surface area contributed by atoms with E-state index < -0.39 is 17.9 Å². The second-order valence-corrected chi connectivity index (χ2v) is 7.94. The molecule has 2 aromatic heterocycles. The molecule has 0 aromatic carbocycles. The van der Waals surface area contributed by atoms with Gasteiger partial charge in [-0.2, -0.15) is 13.2 Å². The van der Waals surface area contributed by atoms with Crippen molar-refractivity contribution in [1.82, 2.24) is 14.9 Å². The van der Waals surface area contributed by atoms with Gasteiger partial charge in [0.25, 0.3) is 0 Å². The van der Waals surface area contributed by atoms with Crippen LogP contribution >= 0.6 is 11.6 Å². The van der Waals surface area contributed by atoms with Crippen LogP contribution in [0.4, 0.5) is 23.7 Å². The number of urea groups is 1. The molecule has 1 saturated heterocycles. The fraction of sp³-hybridized carbons (Fsp3) is 0.400. The maximum Gasteiger partial charge on any atom is 0.433 e. The Morgan fingerprint density at radius 1 is 1.20 bits per heavy atom. The Bertz CT molecular complexity index is 963. The smallest absolute Gasteiger partial charge is 0.312 e. The van der Waals surface area contributed by atoms with Crippen LogP contribution in [0.2, 0.25) is 5.02 Å². The molecule has 2 fully saturated rings. The van der Waals surface area contributed by atoms with Gasteiger partial charge in [-0.1, -0.05) is 11.6 Å². The Morgan fingerprint density at radius 2 is 1.97 bits per heavy atom. The lowest BCUT2D eigenvalue weighted by Crippen LogP contribution is -2.40. The second kappa shape index (κ2) is 7.86. The summed E-state index contributed by atoms with van der Waals surface area (Å²) in [5, 5.41) is 0.474. The molecule has 2 amide bonds. The van der Waals surface area contributed by atoms with Crippen molar-refractivity contribution in [3.8, 4) is 0 Å². The first-order valence-corrected chi connectivity index (χ1v) is 9.83. The zero-order valence-corrected chi connectivity index (χ0v) is 16.5. The molecule has 158 valence electrons. The van der Waals surface area contributed by atoms with Crippen LogP contribution in [0.1, 0.15) is 24.2 Å². The van der Waals surface area contributed by atoms with E-state index in [0.717, 1.165) is 25.1 Å². The summed E-state index contributed by atoms with van der Waals surface area (Å²) in [5.41, 5.74) is -0.214. The number of hydrogen-bond donors (Lipinski definition) is 0. The van der Waals surface area contributed by atoms with Crippen LogP contribution in [0.5, 0.6) is 0 Å². The molecule has 6 nitrogen and oxygen atoms in total. The number of carbonyl (C=O) groups excluding carboxylic acids is 2. The minimum Gasteiger partial charge on any atom is -0.312 e. The SMILES string of the molecule is O=C(Cc1cc(Cl)ccn1)CN1C(=O)N(c2ccc(C(F)(F)F)nc2)C[C@@H]1C1CC1. The number of amides is 2. The molecule has 0 unspecified atom stereocenters. The van der Waals surface area contributed by atoms with Gasteiger partial charge in [0.2, 0.25) is 0 Å². The molecule has 0 N–H and O–H groups in total. The van der Waals surface area contributed by atoms with E-state index in [2.05, 4.69) is 9.97 Å². The van der Waals surface area contributed by atoms with E-state index in [-0.39, 0.29) is 30.5 Å². The number of aromatic nitrogens is 2. The number of pyridine rings is 2. The lowest BCUT2D eigenvalue weighted by atomic mass is 10.1. The van der Waals surface area contributed by atoms with Crippen LogP contribution < -0.4 is 4.90 Å². The van der Waals surface area contributed by atoms with E-state index in [1.165, 1.54) is 22.1 Å². The van der Waals surface area contributed by atoms with Crippen molar-refractivity contribution in [2.24, 2.45) is 5.92 Å². The third kappa shape index (κ3) is 4.40. The average Bonchev–Trinajstić information content (AvgIpc) is 3.47. The maximum atomic E-state index is 13.0. The highest BCUT2D eigenvalue weighted by Crippen LogP contribution is 2.40. The number of anilines is 1. The molecule has 2 aliphatic rings. The molecular formula is C20H18ClF3N4O2. The van der Waals surface area contributed by atoms with Crippen molar-refractivity contribution in [3.63, 3.8) is 0 Å². The Balaban J connectivity index is 1.49. The predicted octanol–water partition coefficient (Wildman–Crippen LogP) is 3.98. The molecular weight excluding hydrogens is 421 g/mol. The van der Waals surface area contributed by atoms with Gasteiger partial charge in [0.15, 0.2) is 5.78 Å². The number of Topliss-reactive ketones (excluding diaryl/α,β-unsaturated/α-hetero) is 1. The number of hydrogen-bond acceptors (Lipinski definition) is 4. The highest BCUT2D eigenvalue weighted by Gasteiger charge is 2.46. The van der Waals surface area contributed by atoms with Gasteiger partial charge in [0.05, 0.1) is 30.9 Å². The Hall–Kier alpha value is -2.68. The maximum absolute atomic E-state index is 13.0. The minimum absolute atomic E-state index is 0.0452. The van der Waals surface area contributed by atoms with Gasteiger partial charge in [-0.3, -0.25) is 14.7 Å². The largest absolute Gasteiger partial charge is 0.433 e. The molecule has 30 heavy (non-hydrogen) atoms. The Kier molecular flexibility index (Phi) is 5.40. The summed E-state index contributed by atoms with van der Waals surface area (Å²) in [4.78, 5) is 36.0. The van der Waals surface area contributed by atoms with Crippen LogP contribution in [0, 0.1) is 5.92 Å². The molecule has 0 spiro atoms. The number of ketones is 1. The second-order valence-electron chi connectivity index (χ2n) is 7.51. The van der Waals surface area contributed by atoms with Crippen LogP contribution in [-0.2, 0) is 17.4 Å². The zero-order valence-electron chi connectivity index (χ0n) is 15.8. The molecule has 1 atom stereocenters. The van der Waals surface area contributed by atoms with Crippen molar-refractivity contribution < 1.29 is 22.8 Å². The number of halogens is 4. The topological polar surface area (TPSA) is 66.4 Å². The Morgan fingerprint density at radius 3 is 2.57 bits per heavy atom. The highest BCUT2D eigenvalue weighted by atomic mass is 35.5. The summed E-state index contributed by atoms with van der Waals surface area (Å²) in [6, 6.07) is 4.74. The van der Waals surface area contributed by atoms with Crippen LogP contribution in [-0.4, -0.2) is 45.8 Å². The molecule has 1 saturated carbocycles. The van der Waals surface area contributed by atoms with E-state index >= 15 is 0 Å². The minimum atomic E-state index is -4.54. The summed E-state index contributed by atoms with van der Waals surface area (Å²) in [5.74, 6) is 0.106. The number of carbonyl (C=O) groups is 2. The third-order valence-electron chi connectivity index (χ3n) is 5.27. The fourth-order valence-electron chi connectivity index (χ4n) is 3.65. The van der Waals surface area contributed by atoms with Gasteiger partial charge in [-0.15, -0.1) is 0 Å². The van der Waals surface area contributed by atoms with Gasteiger partial charge in [0, 0.05) is 23.5 Å². The molecule has 0 bridgehead atoms. The van der Waals surface area contributed by atoms with E-state index in [9.17, 15) is 22.8 Å². The molecule has 2 aromatic rings. The van der Waals surface area contributed by atoms with Gasteiger partial charge in [0.1, 0.15) is 5.69 Å². The molecule has 1 aliphatic carbocycles. The van der Waals surface area contributed by atoms with Gasteiger partial charge in [-0.05, 0) is 43.0 Å². The van der Waals surface area contributed by atoms with Gasteiger partial charge in [-0.25, -0.2) is 9.78 Å². The quantitative estimate of drug-likeness (QED) is 0.684. The molecule has 0 radical (unpaired) electrons. The van der Waals surface area contributed by atoms with Gasteiger partial charge < -0.3 is 4.90 Å². The number of alkyl halides is 3. The highest BCUT2D eigenvalue weighted by molar-refractivity contribution is 6.30. The summed E-state index contributed by atoms with van der Waals surface area (Å²) >= 11 is 5.92. The molecule has 3 heterocycles. The van der Waals surface area contributed by atoms with Crippen LogP contribution in [0.25, 0.3) is 0 Å². The van der Waals surface area contributed by atoms with Crippen molar-refractivity contribution in [2.75, 3.05) is 18.0 Å². The zero-order chi connectivity index (χ0) is 21.5. The molecule has 4 rings (SSSR count). The summed E-state index contributed by atoms with van der Waals surface area (Å²) in [6.45, 7) is 0.234. The lowest BCUT2D eigenvalue weighted by Gasteiger charge is -2.22. The monoisotopic (exact) mass is 438 g/mol. The normalized spacial score (nSPS) is 19.5. The van der Waals surface area contributed by atoms with Crippen molar-refractivity contribution in [2.45, 2.75) is 31.5 Å². The predicted molar refractivity (Wildman–Crippen MR) is 103 cm³/mol. The van der Waals surface area contributed by atoms with Crippen molar-refractivity contribution >= 4 is 29.1 Å². The van der Waals surface area contributed by atoms with Crippen LogP contribution in [0.3, 0.4) is 0 Å². The van der Waals surface area contributed by atoms with E-state index in [0.29, 0.717) is 23.2 Å². The molecule has 10 heteroatoms. The van der Waals surface area contributed by atoms with E-state index in [1.807, 2.05) is 0 Å². The molecule has 1 aliphatic heterocycles. The summed E-state index contributed by atoms with van der Waals surface area (Å²) in [7, 11) is 0. The van der Waals surface area contributed by atoms with E-state index in [1.54, 1.807) is 12.1 Å². The Labute approximate surface area is 175 Å². The average molecular weight is 439 g/mol. The number of nitrogens with zero attached hydrogens (tertiary/aromatic N) is 4. The summed E-state index contributed by atoms with van der Waals surface area (Å²) < 4.78 is 38.3. The van der Waals surface area contributed by atoms with E-state index in [4.69, 9.17) is 11.6 Å². The number of rotatable bonds is 6. The van der Waals surface area contributed by atoms with Gasteiger partial charge >= 0.3 is 12.2 Å². The van der Waals surface area contributed by atoms with Crippen LogP contribution in [0.15, 0.2) is 36.7 Å². The summed E-state index contributed by atoms with van der Waals surface area (Å²) in [6.07, 6.45) is -0.0279.